The number of rotatable bonds is 58. The number of nitrogens with zero attached hydrogens (tertiary/aromatic N) is 1. The number of carbonyl (C=O) groups excluding carboxylic acids is 2. The van der Waals surface area contributed by atoms with Crippen LogP contribution in [0, 0.1) is 0 Å². The Balaban J connectivity index is 4.25. The summed E-state index contributed by atoms with van der Waals surface area (Å²) in [6.07, 6.45) is 90.5. The Morgan fingerprint density at radius 3 is 1.04 bits per heavy atom. The Hall–Kier alpha value is -5.09. The number of carboxylic acids is 1. The van der Waals surface area contributed by atoms with Gasteiger partial charge in [-0.15, -0.1) is 0 Å². The number of unbranched alkanes of at least 4 members (excludes halogenated alkanes) is 17. The van der Waals surface area contributed by atoms with Gasteiger partial charge in [0, 0.05) is 12.8 Å². The van der Waals surface area contributed by atoms with Crippen LogP contribution < -0.4 is 0 Å². The molecule has 0 spiro atoms. The van der Waals surface area contributed by atoms with Crippen molar-refractivity contribution in [2.24, 2.45) is 0 Å². The molecule has 0 aromatic carbocycles. The van der Waals surface area contributed by atoms with Gasteiger partial charge in [-0.25, -0.2) is 4.79 Å². The fraction of sp³-hybridized carbons (Fsp3) is 0.608. The summed E-state index contributed by atoms with van der Waals surface area (Å²) >= 11 is 0. The van der Waals surface area contributed by atoms with Crippen LogP contribution in [0.3, 0.4) is 0 Å². The molecule has 9 nitrogen and oxygen atoms in total. The number of hydrogen-bond donors (Lipinski definition) is 1. The van der Waals surface area contributed by atoms with Crippen molar-refractivity contribution in [3.8, 4) is 0 Å². The Bertz CT molecular complexity index is 1920. The van der Waals surface area contributed by atoms with E-state index in [4.69, 9.17) is 18.9 Å². The summed E-state index contributed by atoms with van der Waals surface area (Å²) in [5, 5.41) is 9.71. The highest BCUT2D eigenvalue weighted by Crippen LogP contribution is 2.14. The average Bonchev–Trinajstić information content (AvgIpc) is 3.46. The molecule has 0 radical (unpaired) electrons. The summed E-state index contributed by atoms with van der Waals surface area (Å²) in [7, 11) is 5.95. The molecular weight excluding hydrogens is 1030 g/mol. The lowest BCUT2D eigenvalue weighted by atomic mass is 10.1. The zero-order chi connectivity index (χ0) is 60.5. The molecule has 0 saturated heterocycles. The molecule has 0 rings (SSSR count). The van der Waals surface area contributed by atoms with Gasteiger partial charge in [0.2, 0.25) is 0 Å². The molecule has 0 bridgehead atoms. The number of carboxylic acid groups (broad SMARTS) is 1. The normalized spacial score (nSPS) is 13.8. The van der Waals surface area contributed by atoms with Crippen molar-refractivity contribution in [1.29, 1.82) is 0 Å². The van der Waals surface area contributed by atoms with Crippen molar-refractivity contribution in [1.82, 2.24) is 0 Å². The molecule has 2 unspecified atom stereocenters. The standard InChI is InChI=1S/C74H119NO8/c1-6-8-10-12-14-16-18-20-22-24-25-26-27-28-29-30-31-32-33-34-35-36-37-38-39-40-41-42-43-44-45-46-47-49-51-53-55-57-59-61-63-65-72(77)83-70(69-82-74(73(78)79)80-67-66-75(3,4)5)68-81-71(76)64-62-60-58-56-54-52-50-48-23-21-19-17-15-13-11-9-7-2/h8,10,14,16,20-23,25-26,28-29,31-32,34-35,37-38,40-41,43-44,46-47,51,53,70,74H,6-7,9,11-13,15,17-19,24,27,30,33,36,39,42,45,48-50,52,54-69H2,1-5H3/p+1/b10-8-,16-14-,22-20-,23-21-,26-25-,29-28-,32-31-,35-34-,38-37-,41-40-,44-43-,47-46-,53-51-. The lowest BCUT2D eigenvalue weighted by Crippen LogP contribution is -2.40. The smallest absolute Gasteiger partial charge is 0.361 e. The van der Waals surface area contributed by atoms with Crippen molar-refractivity contribution in [3.63, 3.8) is 0 Å². The van der Waals surface area contributed by atoms with E-state index >= 15 is 0 Å². The maximum atomic E-state index is 12.9. The van der Waals surface area contributed by atoms with Gasteiger partial charge in [-0.1, -0.05) is 249 Å². The van der Waals surface area contributed by atoms with Crippen molar-refractivity contribution in [2.75, 3.05) is 47.5 Å². The maximum absolute atomic E-state index is 12.9. The van der Waals surface area contributed by atoms with Gasteiger partial charge in [0.1, 0.15) is 13.2 Å². The van der Waals surface area contributed by atoms with Crippen molar-refractivity contribution in [2.45, 2.75) is 245 Å². The van der Waals surface area contributed by atoms with E-state index in [9.17, 15) is 19.5 Å². The molecule has 0 fully saturated rings. The van der Waals surface area contributed by atoms with Gasteiger partial charge >= 0.3 is 17.9 Å². The van der Waals surface area contributed by atoms with Crippen LogP contribution in [0.25, 0.3) is 0 Å². The van der Waals surface area contributed by atoms with Crippen molar-refractivity contribution < 1.29 is 42.9 Å². The van der Waals surface area contributed by atoms with Crippen LogP contribution in [0.1, 0.15) is 232 Å². The molecule has 9 heteroatoms. The first-order chi connectivity index (χ1) is 40.6. The Kier molecular flexibility index (Phi) is 59.1. The number of quaternary nitrogens is 1. The summed E-state index contributed by atoms with van der Waals surface area (Å²) in [5.74, 6) is -2.06. The summed E-state index contributed by atoms with van der Waals surface area (Å²) in [4.78, 5) is 37.5. The monoisotopic (exact) mass is 1150 g/mol. The Morgan fingerprint density at radius 2 is 0.687 bits per heavy atom. The SMILES string of the molecule is CC/C=C\C/C=C\C/C=C\C/C=C\C/C=C\C/C=C\C/C=C\C/C=C\C/C=C\C/C=C\C/C=C\C/C=C\CCCCCCC(=O)OC(COC(=O)CCCCCCCCC/C=C\CCCCCCCC)COC(OCC[N+](C)(C)C)C(=O)O. The molecule has 1 N–H and O–H groups in total. The third kappa shape index (κ3) is 64.3. The molecule has 0 saturated carbocycles. The van der Waals surface area contributed by atoms with Gasteiger partial charge in [0.05, 0.1) is 34.4 Å². The average molecular weight is 1150 g/mol. The van der Waals surface area contributed by atoms with Gasteiger partial charge in [-0.2, -0.15) is 0 Å². The second-order valence-electron chi connectivity index (χ2n) is 22.3. The molecular formula is C74H120NO8+. The molecule has 0 aliphatic heterocycles. The maximum Gasteiger partial charge on any atom is 0.361 e. The highest BCUT2D eigenvalue weighted by molar-refractivity contribution is 5.71. The van der Waals surface area contributed by atoms with Crippen molar-refractivity contribution in [3.05, 3.63) is 158 Å². The minimum Gasteiger partial charge on any atom is -0.477 e. The van der Waals surface area contributed by atoms with Crippen LogP contribution in [0.15, 0.2) is 158 Å². The first kappa shape index (κ1) is 77.9. The zero-order valence-electron chi connectivity index (χ0n) is 53.3. The second kappa shape index (κ2) is 62.9. The van der Waals surface area contributed by atoms with E-state index in [0.717, 1.165) is 135 Å². The van der Waals surface area contributed by atoms with E-state index < -0.39 is 24.3 Å². The third-order valence-electron chi connectivity index (χ3n) is 13.3. The zero-order valence-corrected chi connectivity index (χ0v) is 53.3. The minimum atomic E-state index is -1.53. The molecule has 0 heterocycles. The Labute approximate surface area is 508 Å². The number of allylic oxidation sites excluding steroid dienone is 26. The van der Waals surface area contributed by atoms with Crippen LogP contribution in [0.5, 0.6) is 0 Å². The van der Waals surface area contributed by atoms with Crippen LogP contribution in [-0.2, 0) is 33.3 Å². The number of ether oxygens (including phenoxy) is 4. The Morgan fingerprint density at radius 1 is 0.373 bits per heavy atom. The summed E-state index contributed by atoms with van der Waals surface area (Å²) in [6.45, 7) is 4.71. The third-order valence-corrected chi connectivity index (χ3v) is 13.3. The number of hydrogen-bond acceptors (Lipinski definition) is 7. The molecule has 0 aliphatic rings. The fourth-order valence-electron chi connectivity index (χ4n) is 8.28. The molecule has 0 amide bonds. The van der Waals surface area contributed by atoms with E-state index in [2.05, 4.69) is 172 Å². The second-order valence-corrected chi connectivity index (χ2v) is 22.3. The van der Waals surface area contributed by atoms with Crippen LogP contribution in [0.2, 0.25) is 0 Å². The van der Waals surface area contributed by atoms with E-state index in [1.165, 1.54) is 64.2 Å². The fourth-order valence-corrected chi connectivity index (χ4v) is 8.28. The highest BCUT2D eigenvalue weighted by Gasteiger charge is 2.25. The highest BCUT2D eigenvalue weighted by atomic mass is 16.7. The molecule has 0 aromatic heterocycles. The van der Waals surface area contributed by atoms with Gasteiger partial charge in [-0.05, 0) is 128 Å². The van der Waals surface area contributed by atoms with E-state index in [1.807, 2.05) is 21.1 Å². The predicted octanol–water partition coefficient (Wildman–Crippen LogP) is 20.1. The largest absolute Gasteiger partial charge is 0.477 e. The van der Waals surface area contributed by atoms with E-state index in [-0.39, 0.29) is 38.6 Å². The van der Waals surface area contributed by atoms with Crippen LogP contribution >= 0.6 is 0 Å². The summed E-state index contributed by atoms with van der Waals surface area (Å²) < 4.78 is 22.9. The first-order valence-corrected chi connectivity index (χ1v) is 32.6. The summed E-state index contributed by atoms with van der Waals surface area (Å²) in [6, 6.07) is 0. The van der Waals surface area contributed by atoms with Crippen LogP contribution in [0.4, 0.5) is 0 Å². The number of esters is 2. The summed E-state index contributed by atoms with van der Waals surface area (Å²) in [5.41, 5.74) is 0. The molecule has 2 atom stereocenters. The van der Waals surface area contributed by atoms with E-state index in [1.54, 1.807) is 0 Å². The first-order valence-electron chi connectivity index (χ1n) is 32.6. The lowest BCUT2D eigenvalue weighted by Gasteiger charge is -2.25. The van der Waals surface area contributed by atoms with Gasteiger partial charge in [0.25, 0.3) is 6.29 Å². The molecule has 0 aliphatic carbocycles. The predicted molar refractivity (Wildman–Crippen MR) is 354 cm³/mol. The minimum absolute atomic E-state index is 0.174. The molecule has 83 heavy (non-hydrogen) atoms. The van der Waals surface area contributed by atoms with Gasteiger partial charge in [-0.3, -0.25) is 9.59 Å². The lowest BCUT2D eigenvalue weighted by molar-refractivity contribution is -0.870. The molecule has 0 aromatic rings. The number of likely N-dealkylation sites (N-methyl/N-ethyl adjacent to an activating group) is 1. The van der Waals surface area contributed by atoms with Gasteiger partial charge in [0.15, 0.2) is 6.10 Å². The number of aliphatic carboxylic acids is 1. The van der Waals surface area contributed by atoms with Gasteiger partial charge < -0.3 is 28.5 Å². The quantitative estimate of drug-likeness (QED) is 0.0211. The topological polar surface area (TPSA) is 108 Å². The van der Waals surface area contributed by atoms with Crippen molar-refractivity contribution >= 4 is 17.9 Å². The number of carbonyl (C=O) groups is 3. The van der Waals surface area contributed by atoms with Crippen LogP contribution in [-0.4, -0.2) is 87.4 Å². The molecule has 468 valence electrons. The van der Waals surface area contributed by atoms with E-state index in [0.29, 0.717) is 17.4 Å².